The van der Waals surface area contributed by atoms with Crippen molar-refractivity contribution in [3.8, 4) is 11.5 Å². The number of fused-ring (bicyclic) bond motifs is 1. The number of nitrogens with zero attached hydrogens (tertiary/aromatic N) is 1. The molecule has 1 atom stereocenters. The molecule has 0 bridgehead atoms. The number of ether oxygens (including phenoxy) is 2. The fourth-order valence-corrected chi connectivity index (χ4v) is 3.50. The van der Waals surface area contributed by atoms with Gasteiger partial charge in [0, 0.05) is 12.2 Å². The molecule has 0 saturated carbocycles. The summed E-state index contributed by atoms with van der Waals surface area (Å²) in [6, 6.07) is 11.9. The summed E-state index contributed by atoms with van der Waals surface area (Å²) in [5.74, 6) is 0.494. The van der Waals surface area contributed by atoms with E-state index in [-0.39, 0.29) is 37.4 Å². The lowest BCUT2D eigenvalue weighted by Crippen LogP contribution is -2.44. The van der Waals surface area contributed by atoms with Crippen molar-refractivity contribution in [2.24, 2.45) is 0 Å². The maximum atomic E-state index is 13.1. The van der Waals surface area contributed by atoms with E-state index in [9.17, 15) is 14.7 Å². The van der Waals surface area contributed by atoms with Gasteiger partial charge in [-0.3, -0.25) is 14.5 Å². The summed E-state index contributed by atoms with van der Waals surface area (Å²) in [6.45, 7) is 3.66. The van der Waals surface area contributed by atoms with Crippen LogP contribution < -0.4 is 9.47 Å². The molecule has 0 aliphatic carbocycles. The lowest BCUT2D eigenvalue weighted by molar-refractivity contribution is -0.130. The first-order valence-corrected chi connectivity index (χ1v) is 9.36. The molecule has 3 rings (SSSR count). The number of carbonyl (C=O) groups is 2. The zero-order chi connectivity index (χ0) is 20.3. The standard InChI is InChI=1S/C22H25NO5/c1-14(2)28-20-12-16(8-9-19(20)27-3)18(10-11-24)23-21(25)13-15-6-4-5-7-17(15)22(23)26/h4-9,12,14,18,24H,10-11,13H2,1-3H3. The maximum Gasteiger partial charge on any atom is 0.261 e. The summed E-state index contributed by atoms with van der Waals surface area (Å²) < 4.78 is 11.2. The molecular weight excluding hydrogens is 358 g/mol. The highest BCUT2D eigenvalue weighted by molar-refractivity contribution is 6.10. The molecule has 0 radical (unpaired) electrons. The molecule has 1 aliphatic heterocycles. The summed E-state index contributed by atoms with van der Waals surface area (Å²) in [5, 5.41) is 9.61. The van der Waals surface area contributed by atoms with Crippen molar-refractivity contribution in [2.45, 2.75) is 38.8 Å². The van der Waals surface area contributed by atoms with Crippen LogP contribution in [0.15, 0.2) is 42.5 Å². The second kappa shape index (κ2) is 8.44. The minimum Gasteiger partial charge on any atom is -0.493 e. The van der Waals surface area contributed by atoms with Crippen molar-refractivity contribution in [2.75, 3.05) is 13.7 Å². The third-order valence-electron chi connectivity index (χ3n) is 4.73. The van der Waals surface area contributed by atoms with Crippen LogP contribution >= 0.6 is 0 Å². The van der Waals surface area contributed by atoms with Gasteiger partial charge in [0.1, 0.15) is 0 Å². The molecule has 0 aromatic heterocycles. The summed E-state index contributed by atoms with van der Waals surface area (Å²) in [7, 11) is 1.56. The van der Waals surface area contributed by atoms with Gasteiger partial charge < -0.3 is 14.6 Å². The Morgan fingerprint density at radius 1 is 1.11 bits per heavy atom. The fourth-order valence-electron chi connectivity index (χ4n) is 3.50. The van der Waals surface area contributed by atoms with Gasteiger partial charge >= 0.3 is 0 Å². The molecule has 0 saturated heterocycles. The summed E-state index contributed by atoms with van der Waals surface area (Å²) in [5.41, 5.74) is 1.97. The Morgan fingerprint density at radius 2 is 1.86 bits per heavy atom. The topological polar surface area (TPSA) is 76.1 Å². The van der Waals surface area contributed by atoms with Crippen molar-refractivity contribution in [3.63, 3.8) is 0 Å². The zero-order valence-corrected chi connectivity index (χ0v) is 16.3. The van der Waals surface area contributed by atoms with Gasteiger partial charge in [-0.1, -0.05) is 24.3 Å². The number of hydrogen-bond acceptors (Lipinski definition) is 5. The van der Waals surface area contributed by atoms with Crippen LogP contribution in [-0.4, -0.2) is 41.6 Å². The highest BCUT2D eigenvalue weighted by atomic mass is 16.5. The lowest BCUT2D eigenvalue weighted by atomic mass is 9.94. The van der Waals surface area contributed by atoms with Gasteiger partial charge in [0.2, 0.25) is 5.91 Å². The van der Waals surface area contributed by atoms with Crippen molar-refractivity contribution in [3.05, 3.63) is 59.2 Å². The molecule has 28 heavy (non-hydrogen) atoms. The van der Waals surface area contributed by atoms with E-state index in [0.717, 1.165) is 5.56 Å². The van der Waals surface area contributed by atoms with E-state index in [1.165, 1.54) is 4.90 Å². The Kier molecular flexibility index (Phi) is 5.99. The Morgan fingerprint density at radius 3 is 2.54 bits per heavy atom. The number of carbonyl (C=O) groups excluding carboxylic acids is 2. The van der Waals surface area contributed by atoms with Crippen LogP contribution in [0.3, 0.4) is 0 Å². The van der Waals surface area contributed by atoms with E-state index >= 15 is 0 Å². The monoisotopic (exact) mass is 383 g/mol. The smallest absolute Gasteiger partial charge is 0.261 e. The van der Waals surface area contributed by atoms with Gasteiger partial charge in [-0.25, -0.2) is 0 Å². The quantitative estimate of drug-likeness (QED) is 0.744. The number of amides is 2. The fraction of sp³-hybridized carbons (Fsp3) is 0.364. The summed E-state index contributed by atoms with van der Waals surface area (Å²) in [6.07, 6.45) is 0.341. The molecule has 1 aliphatic rings. The van der Waals surface area contributed by atoms with E-state index in [1.54, 1.807) is 43.5 Å². The van der Waals surface area contributed by atoms with E-state index in [0.29, 0.717) is 22.6 Å². The number of methoxy groups -OCH3 is 1. The second-order valence-electron chi connectivity index (χ2n) is 7.01. The Hall–Kier alpha value is -2.86. The minimum atomic E-state index is -0.584. The highest BCUT2D eigenvalue weighted by Gasteiger charge is 2.36. The molecule has 0 spiro atoms. The number of hydrogen-bond donors (Lipinski definition) is 1. The number of aliphatic hydroxyl groups is 1. The average Bonchev–Trinajstić information content (AvgIpc) is 2.67. The first kappa shape index (κ1) is 19.9. The normalized spacial score (nSPS) is 14.8. The Labute approximate surface area is 164 Å². The third kappa shape index (κ3) is 3.87. The molecule has 0 fully saturated rings. The van der Waals surface area contributed by atoms with Gasteiger partial charge in [0.25, 0.3) is 5.91 Å². The van der Waals surface area contributed by atoms with Crippen molar-refractivity contribution in [1.29, 1.82) is 0 Å². The molecule has 1 N–H and O–H groups in total. The molecule has 2 aromatic rings. The number of benzene rings is 2. The summed E-state index contributed by atoms with van der Waals surface area (Å²) >= 11 is 0. The number of imide groups is 1. The summed E-state index contributed by atoms with van der Waals surface area (Å²) in [4.78, 5) is 27.1. The predicted octanol–water partition coefficient (Wildman–Crippen LogP) is 3.13. The highest BCUT2D eigenvalue weighted by Crippen LogP contribution is 2.36. The molecule has 6 heteroatoms. The number of aliphatic hydroxyl groups excluding tert-OH is 1. The lowest BCUT2D eigenvalue weighted by Gasteiger charge is -2.34. The predicted molar refractivity (Wildman–Crippen MR) is 105 cm³/mol. The van der Waals surface area contributed by atoms with Gasteiger partial charge in [0.05, 0.1) is 25.7 Å². The minimum absolute atomic E-state index is 0.0643. The van der Waals surface area contributed by atoms with Gasteiger partial charge in [0.15, 0.2) is 11.5 Å². The first-order valence-electron chi connectivity index (χ1n) is 9.36. The van der Waals surface area contributed by atoms with Crippen LogP contribution in [-0.2, 0) is 11.2 Å². The van der Waals surface area contributed by atoms with Crippen LogP contribution in [0, 0.1) is 0 Å². The van der Waals surface area contributed by atoms with Crippen LogP contribution in [0.4, 0.5) is 0 Å². The van der Waals surface area contributed by atoms with E-state index in [1.807, 2.05) is 19.9 Å². The molecule has 2 aromatic carbocycles. The van der Waals surface area contributed by atoms with Gasteiger partial charge in [-0.15, -0.1) is 0 Å². The zero-order valence-electron chi connectivity index (χ0n) is 16.3. The van der Waals surface area contributed by atoms with Crippen molar-refractivity contribution < 1.29 is 24.2 Å². The average molecular weight is 383 g/mol. The van der Waals surface area contributed by atoms with Crippen LogP contribution in [0.25, 0.3) is 0 Å². The SMILES string of the molecule is COc1ccc(C(CCO)N2C(=O)Cc3ccccc3C2=O)cc1OC(C)C. The molecule has 1 unspecified atom stereocenters. The Balaban J connectivity index is 2.02. The molecule has 2 amide bonds. The number of rotatable bonds is 7. The van der Waals surface area contributed by atoms with E-state index in [2.05, 4.69) is 0 Å². The van der Waals surface area contributed by atoms with Crippen LogP contribution in [0.2, 0.25) is 0 Å². The molecule has 1 heterocycles. The first-order chi connectivity index (χ1) is 13.5. The third-order valence-corrected chi connectivity index (χ3v) is 4.73. The van der Waals surface area contributed by atoms with E-state index in [4.69, 9.17) is 9.47 Å². The van der Waals surface area contributed by atoms with Gasteiger partial charge in [-0.05, 0) is 49.6 Å². The van der Waals surface area contributed by atoms with Crippen molar-refractivity contribution >= 4 is 11.8 Å². The molecule has 6 nitrogen and oxygen atoms in total. The van der Waals surface area contributed by atoms with Crippen LogP contribution in [0.5, 0.6) is 11.5 Å². The van der Waals surface area contributed by atoms with Gasteiger partial charge in [-0.2, -0.15) is 0 Å². The second-order valence-corrected chi connectivity index (χ2v) is 7.01. The largest absolute Gasteiger partial charge is 0.493 e. The Bertz CT molecular complexity index is 877. The maximum absolute atomic E-state index is 13.1. The van der Waals surface area contributed by atoms with Crippen molar-refractivity contribution in [1.82, 2.24) is 4.90 Å². The van der Waals surface area contributed by atoms with Crippen LogP contribution in [0.1, 0.15) is 47.8 Å². The molecular formula is C22H25NO5. The molecule has 148 valence electrons. The van der Waals surface area contributed by atoms with E-state index < -0.39 is 6.04 Å².